The second kappa shape index (κ2) is 7.71. The van der Waals surface area contributed by atoms with E-state index >= 15 is 0 Å². The number of Topliss-reactive ketones (excluding diaryl/α,β-unsaturated/α-hetero) is 1. The van der Waals surface area contributed by atoms with Gasteiger partial charge in [-0.15, -0.1) is 0 Å². The van der Waals surface area contributed by atoms with Gasteiger partial charge in [0.05, 0.1) is 6.57 Å². The minimum atomic E-state index is -0.909. The van der Waals surface area contributed by atoms with Gasteiger partial charge in [0, 0.05) is 24.1 Å². The van der Waals surface area contributed by atoms with Gasteiger partial charge in [-0.2, -0.15) is 0 Å². The van der Waals surface area contributed by atoms with E-state index in [1.807, 2.05) is 13.0 Å². The lowest BCUT2D eigenvalue weighted by atomic mass is 9.73. The summed E-state index contributed by atoms with van der Waals surface area (Å²) >= 11 is 0. The van der Waals surface area contributed by atoms with Gasteiger partial charge in [0.15, 0.2) is 5.78 Å². The Morgan fingerprint density at radius 1 is 1.40 bits per heavy atom. The summed E-state index contributed by atoms with van der Waals surface area (Å²) in [5, 5.41) is 0. The number of rotatable bonds is 4. The molecule has 1 aliphatic carbocycles. The van der Waals surface area contributed by atoms with Crippen molar-refractivity contribution in [3.8, 4) is 0 Å². The molecule has 0 radical (unpaired) electrons. The maximum Gasteiger partial charge on any atom is 0.288 e. The highest BCUT2D eigenvalue weighted by atomic mass is 19.1. The van der Waals surface area contributed by atoms with Gasteiger partial charge in [-0.05, 0) is 56.0 Å². The fourth-order valence-electron chi connectivity index (χ4n) is 4.18. The molecule has 1 aromatic carbocycles. The number of allylic oxidation sites excluding steroid dienone is 1. The van der Waals surface area contributed by atoms with Crippen molar-refractivity contribution in [3.63, 3.8) is 0 Å². The lowest BCUT2D eigenvalue weighted by Crippen LogP contribution is -2.42. The Hall–Kier alpha value is -3.53. The van der Waals surface area contributed by atoms with E-state index < -0.39 is 11.4 Å². The van der Waals surface area contributed by atoms with Crippen molar-refractivity contribution in [2.75, 3.05) is 0 Å². The third kappa shape index (κ3) is 3.57. The molecule has 0 amide bonds. The molecule has 0 saturated carbocycles. The topological polar surface area (TPSA) is 81.9 Å². The molecule has 2 aromatic rings. The van der Waals surface area contributed by atoms with Crippen molar-refractivity contribution in [1.82, 2.24) is 4.98 Å². The minimum Gasteiger partial charge on any atom is -0.431 e. The number of pyridine rings is 1. The molecule has 1 aliphatic heterocycles. The summed E-state index contributed by atoms with van der Waals surface area (Å²) in [5.74, 6) is 0.0298. The molecule has 0 bridgehead atoms. The third-order valence-electron chi connectivity index (χ3n) is 5.73. The van der Waals surface area contributed by atoms with Crippen LogP contribution in [0.5, 0.6) is 0 Å². The molecule has 7 heteroatoms. The summed E-state index contributed by atoms with van der Waals surface area (Å²) in [4.78, 5) is 24.5. The number of carbonyl (C=O) groups excluding carboxylic acids is 1. The van der Waals surface area contributed by atoms with Crippen molar-refractivity contribution >= 4 is 17.5 Å². The van der Waals surface area contributed by atoms with E-state index in [2.05, 4.69) is 14.8 Å². The molecular formula is C23H21FN4O2. The molecule has 152 valence electrons. The number of amidine groups is 1. The molecule has 0 spiro atoms. The summed E-state index contributed by atoms with van der Waals surface area (Å²) in [6.45, 7) is 8.83. The highest BCUT2D eigenvalue weighted by Crippen LogP contribution is 2.46. The van der Waals surface area contributed by atoms with Gasteiger partial charge in [-0.1, -0.05) is 12.1 Å². The molecule has 30 heavy (non-hydrogen) atoms. The highest BCUT2D eigenvalue weighted by molar-refractivity contribution is 5.96. The number of nitrogens with zero attached hydrogens (tertiary/aromatic N) is 3. The molecule has 2 heterocycles. The van der Waals surface area contributed by atoms with Crippen LogP contribution in [0, 0.1) is 18.3 Å². The van der Waals surface area contributed by atoms with Crippen LogP contribution in [0.3, 0.4) is 0 Å². The van der Waals surface area contributed by atoms with Crippen LogP contribution in [0.4, 0.5) is 10.1 Å². The number of aliphatic imine (C=N–C) groups is 1. The summed E-state index contributed by atoms with van der Waals surface area (Å²) in [7, 11) is 0. The predicted molar refractivity (Wildman–Crippen MR) is 110 cm³/mol. The van der Waals surface area contributed by atoms with Crippen LogP contribution < -0.4 is 5.73 Å². The van der Waals surface area contributed by atoms with E-state index in [0.29, 0.717) is 16.8 Å². The van der Waals surface area contributed by atoms with Gasteiger partial charge in [-0.25, -0.2) is 14.2 Å². The monoisotopic (exact) mass is 404 g/mol. The quantitative estimate of drug-likeness (QED) is 0.603. The normalized spacial score (nSPS) is 22.8. The smallest absolute Gasteiger partial charge is 0.288 e. The first-order valence-electron chi connectivity index (χ1n) is 9.79. The first-order valence-corrected chi connectivity index (χ1v) is 9.79. The van der Waals surface area contributed by atoms with Gasteiger partial charge < -0.3 is 10.5 Å². The Morgan fingerprint density at radius 2 is 2.23 bits per heavy atom. The molecule has 0 fully saturated rings. The number of benzene rings is 1. The lowest BCUT2D eigenvalue weighted by molar-refractivity contribution is 0.0988. The van der Waals surface area contributed by atoms with Gasteiger partial charge in [-0.3, -0.25) is 9.78 Å². The van der Waals surface area contributed by atoms with Crippen LogP contribution in [-0.4, -0.2) is 16.8 Å². The number of nitrogens with two attached hydrogens (primary N) is 1. The van der Waals surface area contributed by atoms with Crippen molar-refractivity contribution in [1.29, 1.82) is 0 Å². The van der Waals surface area contributed by atoms with Crippen LogP contribution in [0.25, 0.3) is 4.85 Å². The number of aromatic nitrogens is 1. The molecule has 4 rings (SSSR count). The zero-order valence-corrected chi connectivity index (χ0v) is 16.6. The predicted octanol–water partition coefficient (Wildman–Crippen LogP) is 4.44. The van der Waals surface area contributed by atoms with Crippen LogP contribution in [-0.2, 0) is 16.7 Å². The number of halogens is 1. The second-order valence-corrected chi connectivity index (χ2v) is 7.72. The average Bonchev–Trinajstić information content (AvgIpc) is 2.75. The Bertz CT molecular complexity index is 1100. The fraction of sp³-hybridized carbons (Fsp3) is 0.304. The number of carbonyl (C=O) groups is 1. The molecule has 0 saturated heterocycles. The first kappa shape index (κ1) is 19.8. The second-order valence-electron chi connectivity index (χ2n) is 7.72. The van der Waals surface area contributed by atoms with Gasteiger partial charge >= 0.3 is 0 Å². The summed E-state index contributed by atoms with van der Waals surface area (Å²) in [6, 6.07) is 7.76. The summed E-state index contributed by atoms with van der Waals surface area (Å²) < 4.78 is 20.5. The fourth-order valence-corrected chi connectivity index (χ4v) is 4.18. The molecule has 2 aliphatic rings. The van der Waals surface area contributed by atoms with E-state index in [4.69, 9.17) is 17.0 Å². The van der Waals surface area contributed by atoms with E-state index in [1.54, 1.807) is 18.2 Å². The number of ether oxygens (including phenoxy) is 1. The van der Waals surface area contributed by atoms with Crippen LogP contribution >= 0.6 is 0 Å². The third-order valence-corrected chi connectivity index (χ3v) is 5.73. The van der Waals surface area contributed by atoms with Crippen LogP contribution in [0.2, 0.25) is 0 Å². The molecule has 1 aromatic heterocycles. The Morgan fingerprint density at radius 3 is 2.97 bits per heavy atom. The Labute approximate surface area is 174 Å². The number of ketones is 1. The summed E-state index contributed by atoms with van der Waals surface area (Å²) in [6.07, 6.45) is 6.11. The van der Waals surface area contributed by atoms with Gasteiger partial charge in [0.1, 0.15) is 22.8 Å². The van der Waals surface area contributed by atoms with Crippen molar-refractivity contribution in [3.05, 3.63) is 82.4 Å². The molecule has 6 nitrogen and oxygen atoms in total. The van der Waals surface area contributed by atoms with Crippen molar-refractivity contribution in [2.45, 2.75) is 38.1 Å². The van der Waals surface area contributed by atoms with Gasteiger partial charge in [0.25, 0.3) is 6.02 Å². The van der Waals surface area contributed by atoms with Gasteiger partial charge in [0.2, 0.25) is 5.69 Å². The van der Waals surface area contributed by atoms with Crippen molar-refractivity contribution in [2.24, 2.45) is 16.6 Å². The largest absolute Gasteiger partial charge is 0.431 e. The zero-order valence-electron chi connectivity index (χ0n) is 16.6. The number of hydrogen-bond donors (Lipinski definition) is 1. The zero-order chi connectivity index (χ0) is 21.3. The molecule has 1 unspecified atom stereocenters. The maximum atomic E-state index is 14.9. The van der Waals surface area contributed by atoms with E-state index in [9.17, 15) is 9.18 Å². The maximum absolute atomic E-state index is 14.9. The van der Waals surface area contributed by atoms with E-state index in [-0.39, 0.29) is 29.8 Å². The molecule has 2 atom stereocenters. The Balaban J connectivity index is 1.67. The highest BCUT2D eigenvalue weighted by Gasteiger charge is 2.45. The van der Waals surface area contributed by atoms with Crippen molar-refractivity contribution < 1.29 is 13.9 Å². The Kier molecular flexibility index (Phi) is 5.08. The molecular weight excluding hydrogens is 383 g/mol. The number of hydrogen-bond acceptors (Lipinski definition) is 5. The van der Waals surface area contributed by atoms with Crippen LogP contribution in [0.1, 0.15) is 47.8 Å². The standard InChI is InChI=1S/C23H21FN4O2/c1-23(16-5-3-4-6-21(16)30-22(25)28-23)17-11-14(7-9-18(17)24)12-20(29)19-10-8-15(26-2)13-27-19/h6-11,13,16H,3-5,12H2,1H3,(H2,25,28)/t16?,23-/m0/s1. The lowest BCUT2D eigenvalue weighted by Gasteiger charge is -2.41. The summed E-state index contributed by atoms with van der Waals surface area (Å²) in [5.41, 5.74) is 6.69. The molecule has 2 N–H and O–H groups in total. The van der Waals surface area contributed by atoms with Crippen LogP contribution in [0.15, 0.2) is 53.4 Å². The SMILES string of the molecule is [C-]#[N+]c1ccc(C(=O)Cc2ccc(F)c([C@@]3(C)N=C(N)OC4=CCCCC43)c2)nc1. The van der Waals surface area contributed by atoms with E-state index in [0.717, 1.165) is 25.0 Å². The average molecular weight is 404 g/mol. The minimum absolute atomic E-state index is 0.0203. The first-order chi connectivity index (χ1) is 14.4. The number of fused-ring (bicyclic) bond motifs is 1. The van der Waals surface area contributed by atoms with E-state index in [1.165, 1.54) is 18.3 Å².